The molecular weight excluding hydrogens is 244 g/mol. The zero-order valence-electron chi connectivity index (χ0n) is 11.8. The predicted octanol–water partition coefficient (Wildman–Crippen LogP) is 3.54. The molecule has 0 nitrogen and oxygen atoms in total. The molecule has 0 spiro atoms. The molecule has 1 heterocycles. The van der Waals surface area contributed by atoms with Crippen LogP contribution < -0.4 is 10.4 Å². The van der Waals surface area contributed by atoms with Crippen LogP contribution in [-0.2, 0) is 0 Å². The predicted molar refractivity (Wildman–Crippen MR) is 85.8 cm³/mol. The highest BCUT2D eigenvalue weighted by Crippen LogP contribution is 2.38. The van der Waals surface area contributed by atoms with Crippen molar-refractivity contribution in [2.75, 3.05) is 0 Å². The van der Waals surface area contributed by atoms with Gasteiger partial charge in [0, 0.05) is 0 Å². The third-order valence-corrected chi connectivity index (χ3v) is 10.5. The van der Waals surface area contributed by atoms with Crippen LogP contribution in [0.25, 0.3) is 0 Å². The molecule has 0 aliphatic carbocycles. The van der Waals surface area contributed by atoms with Crippen LogP contribution in [-0.4, -0.2) is 8.07 Å². The van der Waals surface area contributed by atoms with Gasteiger partial charge in [0.1, 0.15) is 8.07 Å². The Morgan fingerprint density at radius 3 is 1.42 bits per heavy atom. The van der Waals surface area contributed by atoms with Crippen molar-refractivity contribution in [2.45, 2.75) is 25.9 Å². The van der Waals surface area contributed by atoms with E-state index in [2.05, 4.69) is 74.5 Å². The Labute approximate surface area is 117 Å². The molecule has 1 fully saturated rings. The third kappa shape index (κ3) is 2.16. The molecule has 0 unspecified atom stereocenters. The molecule has 0 amide bonds. The average Bonchev–Trinajstić information content (AvgIpc) is 2.78. The maximum absolute atomic E-state index is 2.44. The second kappa shape index (κ2) is 4.97. The van der Waals surface area contributed by atoms with E-state index in [4.69, 9.17) is 0 Å². The second-order valence-electron chi connectivity index (χ2n) is 6.18. The van der Waals surface area contributed by atoms with Crippen LogP contribution in [0.4, 0.5) is 0 Å². The highest BCUT2D eigenvalue weighted by atomic mass is 28.3. The van der Waals surface area contributed by atoms with E-state index >= 15 is 0 Å². The van der Waals surface area contributed by atoms with Crippen molar-refractivity contribution in [1.29, 1.82) is 0 Å². The molecule has 3 rings (SSSR count). The molecule has 19 heavy (non-hydrogen) atoms. The van der Waals surface area contributed by atoms with Crippen LogP contribution in [0.3, 0.4) is 0 Å². The minimum atomic E-state index is -1.51. The monoisotopic (exact) mass is 266 g/mol. The highest BCUT2D eigenvalue weighted by Gasteiger charge is 2.45. The Bertz CT molecular complexity index is 481. The fourth-order valence-corrected chi connectivity index (χ4v) is 9.84. The van der Waals surface area contributed by atoms with Crippen LogP contribution in [0.2, 0.25) is 12.1 Å². The lowest BCUT2D eigenvalue weighted by Crippen LogP contribution is -2.56. The first-order chi connectivity index (χ1) is 9.22. The molecule has 2 aromatic carbocycles. The summed E-state index contributed by atoms with van der Waals surface area (Å²) in [6.45, 7) is 4.87. The van der Waals surface area contributed by atoms with Crippen LogP contribution in [0.1, 0.15) is 13.8 Å². The van der Waals surface area contributed by atoms with E-state index in [-0.39, 0.29) is 0 Å². The molecule has 1 aliphatic rings. The molecule has 2 atom stereocenters. The number of hydrogen-bond acceptors (Lipinski definition) is 0. The fourth-order valence-electron chi connectivity index (χ4n) is 3.74. The van der Waals surface area contributed by atoms with Gasteiger partial charge < -0.3 is 0 Å². The first-order valence-corrected chi connectivity index (χ1v) is 9.75. The van der Waals surface area contributed by atoms with Gasteiger partial charge in [0.25, 0.3) is 0 Å². The summed E-state index contributed by atoms with van der Waals surface area (Å²) in [5, 5.41) is 3.25. The molecular formula is C18H22Si. The van der Waals surface area contributed by atoms with E-state index < -0.39 is 8.07 Å². The van der Waals surface area contributed by atoms with Gasteiger partial charge in [-0.2, -0.15) is 0 Å². The topological polar surface area (TPSA) is 0 Å². The summed E-state index contributed by atoms with van der Waals surface area (Å²) in [4.78, 5) is 0. The largest absolute Gasteiger partial charge is 0.118 e. The standard InChI is InChI=1S/C18H22Si/c1-15-13-19(14-16(15)2,17-9-5-3-6-10-17)18-11-7-4-8-12-18/h3-12,15-16H,13-14H2,1-2H3/t15-,16-/m1/s1. The van der Waals surface area contributed by atoms with E-state index in [9.17, 15) is 0 Å². The van der Waals surface area contributed by atoms with Gasteiger partial charge in [-0.05, 0) is 23.9 Å². The Hall–Kier alpha value is -1.34. The van der Waals surface area contributed by atoms with Crippen molar-refractivity contribution < 1.29 is 0 Å². The summed E-state index contributed by atoms with van der Waals surface area (Å²) >= 11 is 0. The lowest BCUT2D eigenvalue weighted by atomic mass is 10.0. The highest BCUT2D eigenvalue weighted by molar-refractivity contribution is 7.02. The summed E-state index contributed by atoms with van der Waals surface area (Å²) in [5.41, 5.74) is 0. The Balaban J connectivity index is 2.13. The van der Waals surface area contributed by atoms with Gasteiger partial charge in [-0.15, -0.1) is 0 Å². The second-order valence-corrected chi connectivity index (χ2v) is 10.3. The molecule has 0 bridgehead atoms. The van der Waals surface area contributed by atoms with E-state index in [1.807, 2.05) is 0 Å². The van der Waals surface area contributed by atoms with Crippen molar-refractivity contribution >= 4 is 18.4 Å². The SMILES string of the molecule is C[C@@H]1C[Si](c2ccccc2)(c2ccccc2)C[C@H]1C. The van der Waals surface area contributed by atoms with Crippen molar-refractivity contribution in [2.24, 2.45) is 11.8 Å². The quantitative estimate of drug-likeness (QED) is 0.729. The smallest absolute Gasteiger partial charge is 0.0626 e. The average molecular weight is 266 g/mol. The summed E-state index contributed by atoms with van der Waals surface area (Å²) in [5.74, 6) is 1.71. The molecule has 0 aromatic heterocycles. The maximum Gasteiger partial charge on any atom is 0.118 e. The van der Waals surface area contributed by atoms with Gasteiger partial charge in [-0.25, -0.2) is 0 Å². The van der Waals surface area contributed by atoms with Gasteiger partial charge in [0.2, 0.25) is 0 Å². The minimum absolute atomic E-state index is 0.854. The van der Waals surface area contributed by atoms with Gasteiger partial charge in [0.05, 0.1) is 0 Å². The van der Waals surface area contributed by atoms with E-state index in [0.717, 1.165) is 11.8 Å². The van der Waals surface area contributed by atoms with Crippen molar-refractivity contribution in [3.8, 4) is 0 Å². The third-order valence-electron chi connectivity index (χ3n) is 4.97. The van der Waals surface area contributed by atoms with E-state index in [1.165, 1.54) is 12.1 Å². The molecule has 0 saturated carbocycles. The molecule has 1 aliphatic heterocycles. The van der Waals surface area contributed by atoms with Crippen molar-refractivity contribution in [1.82, 2.24) is 0 Å². The first kappa shape index (κ1) is 12.7. The van der Waals surface area contributed by atoms with Crippen LogP contribution in [0.15, 0.2) is 60.7 Å². The van der Waals surface area contributed by atoms with Crippen molar-refractivity contribution in [3.05, 3.63) is 60.7 Å². The van der Waals surface area contributed by atoms with Gasteiger partial charge >= 0.3 is 0 Å². The molecule has 0 N–H and O–H groups in total. The van der Waals surface area contributed by atoms with Gasteiger partial charge in [-0.1, -0.05) is 84.9 Å². The van der Waals surface area contributed by atoms with Crippen LogP contribution in [0, 0.1) is 11.8 Å². The number of benzene rings is 2. The van der Waals surface area contributed by atoms with E-state index in [1.54, 1.807) is 10.4 Å². The Morgan fingerprint density at radius 1 is 0.684 bits per heavy atom. The molecule has 0 radical (unpaired) electrons. The molecule has 98 valence electrons. The normalized spacial score (nSPS) is 25.4. The zero-order chi connectivity index (χ0) is 13.3. The Morgan fingerprint density at radius 2 is 1.05 bits per heavy atom. The molecule has 2 aromatic rings. The number of hydrogen-bond donors (Lipinski definition) is 0. The summed E-state index contributed by atoms with van der Waals surface area (Å²) < 4.78 is 0. The summed E-state index contributed by atoms with van der Waals surface area (Å²) in [6.07, 6.45) is 0. The first-order valence-electron chi connectivity index (χ1n) is 7.33. The van der Waals surface area contributed by atoms with Gasteiger partial charge in [0.15, 0.2) is 0 Å². The minimum Gasteiger partial charge on any atom is -0.0626 e. The number of rotatable bonds is 2. The fraction of sp³-hybridized carbons (Fsp3) is 0.333. The zero-order valence-corrected chi connectivity index (χ0v) is 12.8. The Kier molecular flexibility index (Phi) is 3.32. The summed E-state index contributed by atoms with van der Waals surface area (Å²) in [6, 6.07) is 25.4. The molecule has 1 saturated heterocycles. The van der Waals surface area contributed by atoms with E-state index in [0.29, 0.717) is 0 Å². The molecule has 1 heteroatoms. The van der Waals surface area contributed by atoms with Gasteiger partial charge in [-0.3, -0.25) is 0 Å². The summed E-state index contributed by atoms with van der Waals surface area (Å²) in [7, 11) is -1.51. The lowest BCUT2D eigenvalue weighted by Gasteiger charge is -2.28. The lowest BCUT2D eigenvalue weighted by molar-refractivity contribution is 0.486. The van der Waals surface area contributed by atoms with Crippen LogP contribution >= 0.6 is 0 Å². The maximum atomic E-state index is 2.44. The van der Waals surface area contributed by atoms with Crippen LogP contribution in [0.5, 0.6) is 0 Å². The van der Waals surface area contributed by atoms with Crippen molar-refractivity contribution in [3.63, 3.8) is 0 Å².